The third-order valence-corrected chi connectivity index (χ3v) is 4.36. The van der Waals surface area contributed by atoms with E-state index in [1.807, 2.05) is 19.1 Å². The first-order valence-electron chi connectivity index (χ1n) is 9.51. The number of hydrogen-bond donors (Lipinski definition) is 4. The summed E-state index contributed by atoms with van der Waals surface area (Å²) < 4.78 is 37.9. The second-order valence-corrected chi connectivity index (χ2v) is 6.87. The summed E-state index contributed by atoms with van der Waals surface area (Å²) in [5, 5.41) is 7.77. The summed E-state index contributed by atoms with van der Waals surface area (Å²) in [6.45, 7) is 2.39. The predicted octanol–water partition coefficient (Wildman–Crippen LogP) is 4.27. The van der Waals surface area contributed by atoms with Gasteiger partial charge in [-0.25, -0.2) is 4.79 Å². The van der Waals surface area contributed by atoms with Crippen LogP contribution in [0.3, 0.4) is 0 Å². The summed E-state index contributed by atoms with van der Waals surface area (Å²) in [5.41, 5.74) is 6.50. The molecule has 0 saturated heterocycles. The highest BCUT2D eigenvalue weighted by Crippen LogP contribution is 2.29. The Kier molecular flexibility index (Phi) is 8.23. The molecule has 2 aromatic rings. The van der Waals surface area contributed by atoms with Crippen molar-refractivity contribution in [3.63, 3.8) is 0 Å². The number of nitrogens with two attached hydrogens (primary N) is 1. The van der Waals surface area contributed by atoms with Gasteiger partial charge in [-0.2, -0.15) is 13.2 Å². The van der Waals surface area contributed by atoms with Crippen LogP contribution in [0.4, 0.5) is 29.3 Å². The molecule has 0 heterocycles. The van der Waals surface area contributed by atoms with Crippen LogP contribution in [0.25, 0.3) is 0 Å². The molecule has 162 valence electrons. The topological polar surface area (TPSA) is 96.2 Å². The number of unbranched alkanes of at least 4 members (excludes halogenated alkanes) is 1. The molecule has 0 fully saturated rings. The summed E-state index contributed by atoms with van der Waals surface area (Å²) in [5.74, 6) is -0.390. The average Bonchev–Trinajstić information content (AvgIpc) is 2.69. The number of alkyl halides is 3. The van der Waals surface area contributed by atoms with Gasteiger partial charge in [0.2, 0.25) is 5.91 Å². The normalized spacial score (nSPS) is 12.2. The SMILES string of the molecule is Cc1ccc(NC(=O)[C@H](CCCCN)NC(=O)Nc2ccc(C(F)(F)F)cc2)cc1. The fraction of sp³-hybridized carbons (Fsp3) is 0.333. The van der Waals surface area contributed by atoms with Gasteiger partial charge < -0.3 is 21.7 Å². The molecule has 2 aromatic carbocycles. The van der Waals surface area contributed by atoms with Gasteiger partial charge in [0, 0.05) is 11.4 Å². The highest BCUT2D eigenvalue weighted by atomic mass is 19.4. The van der Waals surface area contributed by atoms with E-state index in [0.29, 0.717) is 31.5 Å². The smallest absolute Gasteiger partial charge is 0.330 e. The summed E-state index contributed by atoms with van der Waals surface area (Å²) >= 11 is 0. The number of urea groups is 1. The van der Waals surface area contributed by atoms with E-state index in [9.17, 15) is 22.8 Å². The third kappa shape index (κ3) is 7.40. The molecule has 0 unspecified atom stereocenters. The van der Waals surface area contributed by atoms with Crippen molar-refractivity contribution in [1.29, 1.82) is 0 Å². The Morgan fingerprint density at radius 3 is 2.07 bits per heavy atom. The van der Waals surface area contributed by atoms with E-state index in [4.69, 9.17) is 5.73 Å². The maximum Gasteiger partial charge on any atom is 0.416 e. The van der Waals surface area contributed by atoms with E-state index in [1.54, 1.807) is 12.1 Å². The average molecular weight is 422 g/mol. The first-order chi connectivity index (χ1) is 14.2. The van der Waals surface area contributed by atoms with Crippen LogP contribution in [0, 0.1) is 6.92 Å². The summed E-state index contributed by atoms with van der Waals surface area (Å²) in [6.07, 6.45) is -2.77. The molecule has 0 aliphatic heterocycles. The molecule has 9 heteroatoms. The highest BCUT2D eigenvalue weighted by molar-refractivity contribution is 5.99. The number of aryl methyl sites for hydroxylation is 1. The largest absolute Gasteiger partial charge is 0.416 e. The minimum Gasteiger partial charge on any atom is -0.330 e. The van der Waals surface area contributed by atoms with Gasteiger partial charge in [0.05, 0.1) is 5.56 Å². The van der Waals surface area contributed by atoms with Crippen LogP contribution >= 0.6 is 0 Å². The monoisotopic (exact) mass is 422 g/mol. The molecule has 3 amide bonds. The predicted molar refractivity (Wildman–Crippen MR) is 110 cm³/mol. The summed E-state index contributed by atoms with van der Waals surface area (Å²) in [6, 6.07) is 9.75. The van der Waals surface area contributed by atoms with E-state index in [0.717, 1.165) is 29.8 Å². The van der Waals surface area contributed by atoms with Crippen LogP contribution in [0.5, 0.6) is 0 Å². The van der Waals surface area contributed by atoms with Gasteiger partial charge >= 0.3 is 12.2 Å². The molecule has 0 saturated carbocycles. The molecule has 30 heavy (non-hydrogen) atoms. The number of carbonyl (C=O) groups is 2. The van der Waals surface area contributed by atoms with Crippen molar-refractivity contribution in [3.05, 3.63) is 59.7 Å². The van der Waals surface area contributed by atoms with Gasteiger partial charge in [-0.3, -0.25) is 4.79 Å². The van der Waals surface area contributed by atoms with Crippen molar-refractivity contribution in [1.82, 2.24) is 5.32 Å². The zero-order valence-electron chi connectivity index (χ0n) is 16.6. The zero-order valence-corrected chi connectivity index (χ0v) is 16.6. The van der Waals surface area contributed by atoms with Gasteiger partial charge in [-0.05, 0) is 69.1 Å². The number of nitrogens with one attached hydrogen (secondary N) is 3. The minimum absolute atomic E-state index is 0.181. The molecule has 5 N–H and O–H groups in total. The Hall–Kier alpha value is -3.07. The standard InChI is InChI=1S/C21H25F3N4O2/c1-14-5-9-16(10-6-14)26-19(29)18(4-2-3-13-25)28-20(30)27-17-11-7-15(8-12-17)21(22,23)24/h5-12,18H,2-4,13,25H2,1H3,(H,26,29)(H2,27,28,30)/t18-/m0/s1. The lowest BCUT2D eigenvalue weighted by Gasteiger charge is -2.19. The van der Waals surface area contributed by atoms with E-state index in [-0.39, 0.29) is 5.69 Å². The lowest BCUT2D eigenvalue weighted by Crippen LogP contribution is -2.45. The van der Waals surface area contributed by atoms with E-state index < -0.39 is 29.7 Å². The lowest BCUT2D eigenvalue weighted by atomic mass is 10.1. The molecule has 6 nitrogen and oxygen atoms in total. The zero-order chi connectivity index (χ0) is 22.1. The van der Waals surface area contributed by atoms with E-state index >= 15 is 0 Å². The number of amides is 3. The number of halogens is 3. The highest BCUT2D eigenvalue weighted by Gasteiger charge is 2.30. The maximum absolute atomic E-state index is 12.6. The fourth-order valence-electron chi connectivity index (χ4n) is 2.70. The van der Waals surface area contributed by atoms with Gasteiger partial charge in [0.25, 0.3) is 0 Å². The molecular weight excluding hydrogens is 397 g/mol. The van der Waals surface area contributed by atoms with Gasteiger partial charge in [-0.1, -0.05) is 17.7 Å². The van der Waals surface area contributed by atoms with Crippen molar-refractivity contribution in [3.8, 4) is 0 Å². The molecule has 0 aromatic heterocycles. The number of anilines is 2. The quantitative estimate of drug-likeness (QED) is 0.478. The Balaban J connectivity index is 2.00. The van der Waals surface area contributed by atoms with Crippen molar-refractivity contribution >= 4 is 23.3 Å². The summed E-state index contributed by atoms with van der Waals surface area (Å²) in [7, 11) is 0. The van der Waals surface area contributed by atoms with E-state index in [2.05, 4.69) is 16.0 Å². The molecule has 0 aliphatic carbocycles. The molecular formula is C21H25F3N4O2. The summed E-state index contributed by atoms with van der Waals surface area (Å²) in [4.78, 5) is 24.9. The maximum atomic E-state index is 12.6. The fourth-order valence-corrected chi connectivity index (χ4v) is 2.70. The Labute approximate surface area is 173 Å². The lowest BCUT2D eigenvalue weighted by molar-refractivity contribution is -0.137. The molecule has 1 atom stereocenters. The first kappa shape index (κ1) is 23.2. The van der Waals surface area contributed by atoms with Crippen LogP contribution in [0.1, 0.15) is 30.4 Å². The Bertz CT molecular complexity index is 837. The Morgan fingerprint density at radius 1 is 0.933 bits per heavy atom. The minimum atomic E-state index is -4.46. The second-order valence-electron chi connectivity index (χ2n) is 6.87. The van der Waals surface area contributed by atoms with Gasteiger partial charge in [-0.15, -0.1) is 0 Å². The van der Waals surface area contributed by atoms with Crippen molar-refractivity contribution in [2.45, 2.75) is 38.4 Å². The molecule has 0 bridgehead atoms. The van der Waals surface area contributed by atoms with Crippen molar-refractivity contribution < 1.29 is 22.8 Å². The van der Waals surface area contributed by atoms with Crippen LogP contribution in [0.2, 0.25) is 0 Å². The van der Waals surface area contributed by atoms with Crippen LogP contribution < -0.4 is 21.7 Å². The Morgan fingerprint density at radius 2 is 1.50 bits per heavy atom. The van der Waals surface area contributed by atoms with Crippen LogP contribution in [-0.2, 0) is 11.0 Å². The second kappa shape index (κ2) is 10.6. The number of carbonyl (C=O) groups excluding carboxylic acids is 2. The third-order valence-electron chi connectivity index (χ3n) is 4.36. The van der Waals surface area contributed by atoms with Crippen molar-refractivity contribution in [2.75, 3.05) is 17.2 Å². The number of benzene rings is 2. The molecule has 2 rings (SSSR count). The number of rotatable bonds is 8. The van der Waals surface area contributed by atoms with Crippen LogP contribution in [-0.4, -0.2) is 24.5 Å². The number of hydrogen-bond acceptors (Lipinski definition) is 3. The van der Waals surface area contributed by atoms with Crippen molar-refractivity contribution in [2.24, 2.45) is 5.73 Å². The van der Waals surface area contributed by atoms with E-state index in [1.165, 1.54) is 0 Å². The van der Waals surface area contributed by atoms with Crippen LogP contribution in [0.15, 0.2) is 48.5 Å². The molecule has 0 spiro atoms. The van der Waals surface area contributed by atoms with Gasteiger partial charge in [0.1, 0.15) is 6.04 Å². The molecule has 0 radical (unpaired) electrons. The first-order valence-corrected chi connectivity index (χ1v) is 9.51. The molecule has 0 aliphatic rings. The van der Waals surface area contributed by atoms with Gasteiger partial charge in [0.15, 0.2) is 0 Å².